The molecule has 72 valence electrons. The smallest absolute Gasteiger partial charge is 0.330 e. The highest BCUT2D eigenvalue weighted by Crippen LogP contribution is 1.90. The van der Waals surface area contributed by atoms with Crippen molar-refractivity contribution >= 4 is 11.8 Å². The van der Waals surface area contributed by atoms with E-state index in [2.05, 4.69) is 22.6 Å². The predicted octanol–water partition coefficient (Wildman–Crippen LogP) is -1.38. The third-order valence-corrected chi connectivity index (χ3v) is 1.29. The van der Waals surface area contributed by atoms with Crippen molar-refractivity contribution < 1.29 is 9.53 Å². The number of hydrazone groups is 1. The lowest BCUT2D eigenvalue weighted by Crippen LogP contribution is -2.46. The lowest BCUT2D eigenvalue weighted by molar-refractivity contribution is -0.137. The summed E-state index contributed by atoms with van der Waals surface area (Å²) in [6.45, 7) is 3.50. The number of hydrogen-bond acceptors (Lipinski definition) is 7. The van der Waals surface area contributed by atoms with E-state index in [1.807, 2.05) is 0 Å². The monoisotopic (exact) mass is 185 g/mol. The number of hydrogen-bond donors (Lipinski definition) is 3. The van der Waals surface area contributed by atoms with E-state index in [0.29, 0.717) is 12.3 Å². The van der Waals surface area contributed by atoms with Crippen LogP contribution in [0.25, 0.3) is 0 Å². The number of rotatable bonds is 4. The van der Waals surface area contributed by atoms with Gasteiger partial charge in [0, 0.05) is 12.5 Å². The molecule has 7 nitrogen and oxygen atoms in total. The Bertz CT molecular complexity index is 239. The summed E-state index contributed by atoms with van der Waals surface area (Å²) in [5, 5.41) is 4.88. The topological polar surface area (TPSA) is 92.0 Å². The van der Waals surface area contributed by atoms with E-state index in [-0.39, 0.29) is 6.61 Å². The van der Waals surface area contributed by atoms with E-state index in [4.69, 9.17) is 10.6 Å². The Morgan fingerprint density at radius 2 is 2.62 bits per heavy atom. The minimum absolute atomic E-state index is 0.242. The van der Waals surface area contributed by atoms with Crippen molar-refractivity contribution in [2.24, 2.45) is 10.9 Å². The van der Waals surface area contributed by atoms with Gasteiger partial charge in [-0.3, -0.25) is 5.43 Å². The van der Waals surface area contributed by atoms with Gasteiger partial charge in [-0.2, -0.15) is 0 Å². The van der Waals surface area contributed by atoms with E-state index in [1.165, 1.54) is 0 Å². The average molecular weight is 185 g/mol. The molecule has 0 amide bonds. The molecule has 1 aliphatic rings. The van der Waals surface area contributed by atoms with Gasteiger partial charge in [0.1, 0.15) is 5.84 Å². The third-order valence-electron chi connectivity index (χ3n) is 1.29. The van der Waals surface area contributed by atoms with Crippen LogP contribution in [0.5, 0.6) is 0 Å². The maximum absolute atomic E-state index is 10.6. The van der Waals surface area contributed by atoms with Gasteiger partial charge in [0.2, 0.25) is 0 Å². The Morgan fingerprint density at radius 3 is 3.15 bits per heavy atom. The number of nitrogens with two attached hydrogens (primary N) is 1. The molecule has 0 spiro atoms. The van der Waals surface area contributed by atoms with Crippen molar-refractivity contribution in [1.82, 2.24) is 16.2 Å². The van der Waals surface area contributed by atoms with E-state index in [9.17, 15) is 4.79 Å². The highest BCUT2D eigenvalue weighted by molar-refractivity contribution is 5.83. The Hall–Kier alpha value is -1.60. The molecule has 4 N–H and O–H groups in total. The largest absolute Gasteiger partial charge is 0.462 e. The fourth-order valence-corrected chi connectivity index (χ4v) is 0.722. The van der Waals surface area contributed by atoms with Gasteiger partial charge >= 0.3 is 5.97 Å². The van der Waals surface area contributed by atoms with Gasteiger partial charge in [-0.25, -0.2) is 16.2 Å². The maximum Gasteiger partial charge on any atom is 0.330 e. The van der Waals surface area contributed by atoms with Crippen LogP contribution in [0.3, 0.4) is 0 Å². The summed E-state index contributed by atoms with van der Waals surface area (Å²) in [6.07, 6.45) is 1.58. The third kappa shape index (κ3) is 3.09. The molecule has 0 fully saturated rings. The van der Waals surface area contributed by atoms with Crippen molar-refractivity contribution in [1.29, 1.82) is 0 Å². The van der Waals surface area contributed by atoms with Gasteiger partial charge < -0.3 is 4.74 Å². The molecule has 1 heterocycles. The molecule has 0 saturated heterocycles. The van der Waals surface area contributed by atoms with E-state index in [1.54, 1.807) is 0 Å². The average Bonchev–Trinajstić information content (AvgIpc) is 2.51. The number of amidine groups is 1. The van der Waals surface area contributed by atoms with E-state index in [0.717, 1.165) is 11.3 Å². The fraction of sp³-hybridized carbons (Fsp3) is 0.333. The molecule has 0 bridgehead atoms. The molecule has 13 heavy (non-hydrogen) atoms. The molecule has 0 aliphatic carbocycles. The molecule has 1 aliphatic heterocycles. The Morgan fingerprint density at radius 1 is 1.85 bits per heavy atom. The fourth-order valence-electron chi connectivity index (χ4n) is 0.722. The predicted molar refractivity (Wildman–Crippen MR) is 45.5 cm³/mol. The molecular formula is C6H11N5O2. The van der Waals surface area contributed by atoms with Crippen LogP contribution in [0, 0.1) is 0 Å². The zero-order valence-electron chi connectivity index (χ0n) is 6.99. The van der Waals surface area contributed by atoms with Crippen molar-refractivity contribution in [3.05, 3.63) is 12.7 Å². The van der Waals surface area contributed by atoms with Crippen LogP contribution in [-0.4, -0.2) is 23.6 Å². The lowest BCUT2D eigenvalue weighted by atomic mass is 10.4. The minimum atomic E-state index is -0.448. The van der Waals surface area contributed by atoms with Crippen LogP contribution >= 0.6 is 0 Å². The van der Waals surface area contributed by atoms with Gasteiger partial charge in [0.05, 0.1) is 6.61 Å². The van der Waals surface area contributed by atoms with Crippen LogP contribution < -0.4 is 16.8 Å². The molecule has 7 heteroatoms. The molecule has 0 saturated carbocycles. The number of carbonyl (C=O) groups excluding carboxylic acids is 1. The van der Waals surface area contributed by atoms with E-state index >= 15 is 0 Å². The van der Waals surface area contributed by atoms with Crippen molar-refractivity contribution in [2.45, 2.75) is 6.42 Å². The highest BCUT2D eigenvalue weighted by atomic mass is 16.5. The first-order valence-corrected chi connectivity index (χ1v) is 3.65. The van der Waals surface area contributed by atoms with Gasteiger partial charge in [0.25, 0.3) is 0 Å². The molecule has 0 unspecified atom stereocenters. The van der Waals surface area contributed by atoms with Crippen LogP contribution in [0.2, 0.25) is 0 Å². The van der Waals surface area contributed by atoms with Crippen molar-refractivity contribution in [2.75, 3.05) is 6.61 Å². The zero-order valence-corrected chi connectivity index (χ0v) is 6.99. The first-order chi connectivity index (χ1) is 6.22. The highest BCUT2D eigenvalue weighted by Gasteiger charge is 2.10. The summed E-state index contributed by atoms with van der Waals surface area (Å²) in [6, 6.07) is 0. The Kier molecular flexibility index (Phi) is 3.23. The van der Waals surface area contributed by atoms with Gasteiger partial charge in [-0.15, -0.1) is 5.10 Å². The van der Waals surface area contributed by atoms with Crippen LogP contribution in [0.4, 0.5) is 0 Å². The summed E-state index contributed by atoms with van der Waals surface area (Å²) in [4.78, 5) is 10.6. The summed E-state index contributed by atoms with van der Waals surface area (Å²) in [5.74, 6) is 5.42. The number of nitrogens with one attached hydrogen (secondary N) is 2. The van der Waals surface area contributed by atoms with Gasteiger partial charge in [0.15, 0.2) is 0 Å². The minimum Gasteiger partial charge on any atom is -0.462 e. The second-order valence-corrected chi connectivity index (χ2v) is 2.26. The van der Waals surface area contributed by atoms with Crippen LogP contribution in [-0.2, 0) is 9.53 Å². The Balaban J connectivity index is 2.13. The van der Waals surface area contributed by atoms with Gasteiger partial charge in [-0.1, -0.05) is 11.8 Å². The maximum atomic E-state index is 10.6. The summed E-state index contributed by atoms with van der Waals surface area (Å²) in [7, 11) is 0. The van der Waals surface area contributed by atoms with Crippen LogP contribution in [0.15, 0.2) is 17.8 Å². The second-order valence-electron chi connectivity index (χ2n) is 2.26. The van der Waals surface area contributed by atoms with Gasteiger partial charge in [-0.05, 0) is 0 Å². The number of ether oxygens (including phenoxy) is 1. The SMILES string of the molecule is C=CC(=O)OCCC1=NNN(N)N1. The normalized spacial score (nSPS) is 15.6. The quantitative estimate of drug-likeness (QED) is 0.284. The molecule has 0 aromatic rings. The van der Waals surface area contributed by atoms with Crippen molar-refractivity contribution in [3.8, 4) is 0 Å². The molecule has 0 aromatic carbocycles. The van der Waals surface area contributed by atoms with Crippen molar-refractivity contribution in [3.63, 3.8) is 0 Å². The zero-order chi connectivity index (χ0) is 9.68. The number of nitrogens with zero attached hydrogens (tertiary/aromatic N) is 2. The molecule has 0 aromatic heterocycles. The number of hydrazine groups is 3. The first kappa shape index (κ1) is 9.49. The molecule has 1 rings (SSSR count). The number of carbonyl (C=O) groups is 1. The molecule has 0 radical (unpaired) electrons. The first-order valence-electron chi connectivity index (χ1n) is 3.65. The van der Waals surface area contributed by atoms with E-state index < -0.39 is 5.97 Å². The second kappa shape index (κ2) is 4.43. The summed E-state index contributed by atoms with van der Waals surface area (Å²) >= 11 is 0. The molecule has 0 atom stereocenters. The van der Waals surface area contributed by atoms with Crippen LogP contribution in [0.1, 0.15) is 6.42 Å². The number of esters is 1. The molecular weight excluding hydrogens is 174 g/mol. The Labute approximate surface area is 75.1 Å². The lowest BCUT2D eigenvalue weighted by Gasteiger charge is -2.07. The summed E-state index contributed by atoms with van der Waals surface area (Å²) < 4.78 is 4.72. The summed E-state index contributed by atoms with van der Waals surface area (Å²) in [5.41, 5.74) is 5.13. The standard InChI is InChI=1S/C6H11N5O2/c1-2-6(12)13-4-3-5-8-10-11(7)9-5/h2,10H,1,3-4,7H2,(H,8,9).